The number of nitrogens with one attached hydrogen (secondary N) is 1. The van der Waals surface area contributed by atoms with Crippen LogP contribution in [0.4, 0.5) is 0 Å². The maximum absolute atomic E-state index is 11.9. The number of thiophene rings is 1. The van der Waals surface area contributed by atoms with Gasteiger partial charge in [0, 0.05) is 30.3 Å². The molecule has 0 unspecified atom stereocenters. The molecule has 3 rings (SSSR count). The number of aromatic nitrogens is 2. The predicted octanol–water partition coefficient (Wildman–Crippen LogP) is 3.06. The van der Waals surface area contributed by atoms with Gasteiger partial charge in [0.2, 0.25) is 17.7 Å². The third-order valence-electron chi connectivity index (χ3n) is 3.42. The maximum atomic E-state index is 11.9. The van der Waals surface area contributed by atoms with E-state index in [0.29, 0.717) is 31.2 Å². The number of carbonyl (C=O) groups is 1. The Balaban J connectivity index is 1.47. The highest BCUT2D eigenvalue weighted by Gasteiger charge is 2.10. The van der Waals surface area contributed by atoms with Crippen molar-refractivity contribution in [1.29, 1.82) is 0 Å². The Morgan fingerprint density at radius 3 is 3.04 bits per heavy atom. The van der Waals surface area contributed by atoms with Crippen molar-refractivity contribution in [3.05, 3.63) is 52.5 Å². The van der Waals surface area contributed by atoms with Crippen molar-refractivity contribution in [3.8, 4) is 17.2 Å². The molecule has 0 aliphatic rings. The molecule has 6 nitrogen and oxygen atoms in total. The molecule has 1 N–H and O–H groups in total. The van der Waals surface area contributed by atoms with Crippen LogP contribution in [0.1, 0.15) is 17.9 Å². The first kappa shape index (κ1) is 16.2. The first-order valence-corrected chi connectivity index (χ1v) is 8.43. The number of methoxy groups -OCH3 is 1. The van der Waals surface area contributed by atoms with Crippen molar-refractivity contribution in [2.45, 2.75) is 19.4 Å². The Hall–Kier alpha value is -2.67. The van der Waals surface area contributed by atoms with Crippen LogP contribution in [-0.2, 0) is 17.8 Å². The van der Waals surface area contributed by atoms with Crippen molar-refractivity contribution >= 4 is 17.2 Å². The first-order valence-electron chi connectivity index (χ1n) is 7.49. The van der Waals surface area contributed by atoms with Gasteiger partial charge in [0.15, 0.2) is 0 Å². The fourth-order valence-electron chi connectivity index (χ4n) is 2.15. The van der Waals surface area contributed by atoms with Crippen molar-refractivity contribution in [2.24, 2.45) is 0 Å². The summed E-state index contributed by atoms with van der Waals surface area (Å²) in [6, 6.07) is 9.51. The molecule has 3 aromatic rings. The Labute approximate surface area is 143 Å². The van der Waals surface area contributed by atoms with Crippen LogP contribution in [0.3, 0.4) is 0 Å². The van der Waals surface area contributed by atoms with Gasteiger partial charge in [-0.25, -0.2) is 0 Å². The summed E-state index contributed by atoms with van der Waals surface area (Å²) in [7, 11) is 1.62. The van der Waals surface area contributed by atoms with Gasteiger partial charge in [-0.1, -0.05) is 12.1 Å². The molecule has 0 spiro atoms. The molecular weight excluding hydrogens is 326 g/mol. The average molecular weight is 343 g/mol. The second kappa shape index (κ2) is 7.74. The van der Waals surface area contributed by atoms with Crippen LogP contribution in [0, 0.1) is 0 Å². The minimum atomic E-state index is -0.0619. The van der Waals surface area contributed by atoms with E-state index in [9.17, 15) is 4.79 Å². The third kappa shape index (κ3) is 4.20. The molecule has 0 bridgehead atoms. The number of aryl methyl sites for hydroxylation is 1. The summed E-state index contributed by atoms with van der Waals surface area (Å²) in [4.78, 5) is 11.9. The molecule has 124 valence electrons. The summed E-state index contributed by atoms with van der Waals surface area (Å²) in [6.07, 6.45) is 0.719. The van der Waals surface area contributed by atoms with Crippen LogP contribution in [0.15, 0.2) is 45.5 Å². The maximum Gasteiger partial charge on any atom is 0.248 e. The Morgan fingerprint density at radius 2 is 2.25 bits per heavy atom. The standard InChI is InChI=1S/C17H17N3O3S/c1-22-14-4-2-3-12(9-14)10-18-15(21)5-6-16-19-20-17(23-16)13-7-8-24-11-13/h2-4,7-9,11H,5-6,10H2,1H3,(H,18,21). The summed E-state index contributed by atoms with van der Waals surface area (Å²) >= 11 is 1.57. The molecule has 1 aromatic carbocycles. The van der Waals surface area contributed by atoms with Crippen molar-refractivity contribution in [2.75, 3.05) is 7.11 Å². The molecule has 24 heavy (non-hydrogen) atoms. The lowest BCUT2D eigenvalue weighted by Gasteiger charge is -2.06. The zero-order valence-corrected chi connectivity index (χ0v) is 14.0. The summed E-state index contributed by atoms with van der Waals surface area (Å²) in [5.74, 6) is 1.66. The highest BCUT2D eigenvalue weighted by Crippen LogP contribution is 2.20. The fourth-order valence-corrected chi connectivity index (χ4v) is 2.78. The fraction of sp³-hybridized carbons (Fsp3) is 0.235. The predicted molar refractivity (Wildman–Crippen MR) is 90.8 cm³/mol. The number of hydrogen-bond acceptors (Lipinski definition) is 6. The number of benzene rings is 1. The van der Waals surface area contributed by atoms with Gasteiger partial charge in [-0.2, -0.15) is 11.3 Å². The van der Waals surface area contributed by atoms with E-state index in [1.165, 1.54) is 0 Å². The monoisotopic (exact) mass is 343 g/mol. The zero-order chi connectivity index (χ0) is 16.8. The van der Waals surface area contributed by atoms with Crippen LogP contribution in [0.5, 0.6) is 5.75 Å². The Bertz CT molecular complexity index is 799. The smallest absolute Gasteiger partial charge is 0.248 e. The van der Waals surface area contributed by atoms with E-state index in [0.717, 1.165) is 16.9 Å². The molecular formula is C17H17N3O3S. The second-order valence-electron chi connectivity index (χ2n) is 5.14. The van der Waals surface area contributed by atoms with Crippen LogP contribution in [0.25, 0.3) is 11.5 Å². The van der Waals surface area contributed by atoms with Gasteiger partial charge in [-0.15, -0.1) is 10.2 Å². The number of hydrogen-bond donors (Lipinski definition) is 1. The lowest BCUT2D eigenvalue weighted by molar-refractivity contribution is -0.121. The lowest BCUT2D eigenvalue weighted by atomic mass is 10.2. The SMILES string of the molecule is COc1cccc(CNC(=O)CCc2nnc(-c3ccsc3)o2)c1. The molecule has 0 radical (unpaired) electrons. The van der Waals surface area contributed by atoms with E-state index in [-0.39, 0.29) is 5.91 Å². The molecule has 2 aromatic heterocycles. The topological polar surface area (TPSA) is 77.2 Å². The van der Waals surface area contributed by atoms with Gasteiger partial charge in [-0.05, 0) is 29.1 Å². The quantitative estimate of drug-likeness (QED) is 0.713. The van der Waals surface area contributed by atoms with Crippen molar-refractivity contribution < 1.29 is 13.9 Å². The van der Waals surface area contributed by atoms with E-state index in [1.54, 1.807) is 18.4 Å². The summed E-state index contributed by atoms with van der Waals surface area (Å²) in [5.41, 5.74) is 1.89. The second-order valence-corrected chi connectivity index (χ2v) is 5.92. The van der Waals surface area contributed by atoms with Crippen LogP contribution in [-0.4, -0.2) is 23.2 Å². The zero-order valence-electron chi connectivity index (χ0n) is 13.2. The minimum absolute atomic E-state index is 0.0619. The van der Waals surface area contributed by atoms with Crippen LogP contribution >= 0.6 is 11.3 Å². The van der Waals surface area contributed by atoms with E-state index < -0.39 is 0 Å². The van der Waals surface area contributed by atoms with Gasteiger partial charge < -0.3 is 14.5 Å². The van der Waals surface area contributed by atoms with Gasteiger partial charge in [0.1, 0.15) is 5.75 Å². The number of rotatable bonds is 7. The van der Waals surface area contributed by atoms with E-state index in [2.05, 4.69) is 15.5 Å². The van der Waals surface area contributed by atoms with Crippen molar-refractivity contribution in [3.63, 3.8) is 0 Å². The molecule has 7 heteroatoms. The lowest BCUT2D eigenvalue weighted by Crippen LogP contribution is -2.23. The molecule has 0 aliphatic heterocycles. The van der Waals surface area contributed by atoms with Gasteiger partial charge >= 0.3 is 0 Å². The molecule has 0 fully saturated rings. The van der Waals surface area contributed by atoms with Gasteiger partial charge in [0.25, 0.3) is 0 Å². The Morgan fingerprint density at radius 1 is 1.33 bits per heavy atom. The van der Waals surface area contributed by atoms with E-state index in [4.69, 9.17) is 9.15 Å². The van der Waals surface area contributed by atoms with Gasteiger partial charge in [-0.3, -0.25) is 4.79 Å². The summed E-state index contributed by atoms with van der Waals surface area (Å²) in [6.45, 7) is 0.458. The minimum Gasteiger partial charge on any atom is -0.497 e. The highest BCUT2D eigenvalue weighted by molar-refractivity contribution is 7.08. The number of amides is 1. The number of carbonyl (C=O) groups excluding carboxylic acids is 1. The Kier molecular flexibility index (Phi) is 5.22. The third-order valence-corrected chi connectivity index (χ3v) is 4.11. The molecule has 1 amide bonds. The van der Waals surface area contributed by atoms with Crippen molar-refractivity contribution in [1.82, 2.24) is 15.5 Å². The first-order chi connectivity index (χ1) is 11.7. The molecule has 0 saturated heterocycles. The normalized spacial score (nSPS) is 10.5. The van der Waals surface area contributed by atoms with Crippen LogP contribution < -0.4 is 10.1 Å². The average Bonchev–Trinajstić information content (AvgIpc) is 3.29. The van der Waals surface area contributed by atoms with Gasteiger partial charge in [0.05, 0.1) is 7.11 Å². The molecule has 0 atom stereocenters. The molecule has 0 aliphatic carbocycles. The number of ether oxygens (including phenoxy) is 1. The largest absolute Gasteiger partial charge is 0.497 e. The van der Waals surface area contributed by atoms with E-state index >= 15 is 0 Å². The van der Waals surface area contributed by atoms with Crippen LogP contribution in [0.2, 0.25) is 0 Å². The summed E-state index contributed by atoms with van der Waals surface area (Å²) < 4.78 is 10.7. The highest BCUT2D eigenvalue weighted by atomic mass is 32.1. The summed E-state index contributed by atoms with van der Waals surface area (Å²) in [5, 5.41) is 14.7. The number of nitrogens with zero attached hydrogens (tertiary/aromatic N) is 2. The van der Waals surface area contributed by atoms with E-state index in [1.807, 2.05) is 41.1 Å². The molecule has 2 heterocycles. The molecule has 0 saturated carbocycles.